The number of hydrogen-bond acceptors (Lipinski definition) is 4. The first-order chi connectivity index (χ1) is 14.9. The third kappa shape index (κ3) is 3.96. The summed E-state index contributed by atoms with van der Waals surface area (Å²) in [6.07, 6.45) is -0.683. The molecule has 0 aliphatic carbocycles. The Kier molecular flexibility index (Phi) is 5.85. The maximum absolute atomic E-state index is 13.2. The number of amides is 3. The number of imide groups is 1. The molecule has 3 aromatic carbocycles. The number of halogens is 1. The summed E-state index contributed by atoms with van der Waals surface area (Å²) in [4.78, 5) is 26.9. The van der Waals surface area contributed by atoms with Crippen LogP contribution in [0.3, 0.4) is 0 Å². The molecule has 1 heterocycles. The first-order valence-electron chi connectivity index (χ1n) is 10.1. The number of fused-ring (bicyclic) bond motifs is 1. The number of ether oxygens (including phenoxy) is 1. The number of aliphatic hydroxyl groups excluding tert-OH is 1. The first kappa shape index (κ1) is 21.2. The van der Waals surface area contributed by atoms with Gasteiger partial charge < -0.3 is 15.2 Å². The first-order valence-corrected chi connectivity index (χ1v) is 10.5. The number of rotatable bonds is 7. The van der Waals surface area contributed by atoms with E-state index in [1.54, 1.807) is 24.3 Å². The zero-order valence-corrected chi connectivity index (χ0v) is 17.8. The van der Waals surface area contributed by atoms with Crippen LogP contribution in [-0.4, -0.2) is 41.2 Å². The molecule has 1 aliphatic heterocycles. The molecule has 0 spiro atoms. The fraction of sp³-hybridized carbons (Fsp3) is 0.250. The Morgan fingerprint density at radius 2 is 1.84 bits per heavy atom. The summed E-state index contributed by atoms with van der Waals surface area (Å²) < 4.78 is 5.80. The van der Waals surface area contributed by atoms with Crippen LogP contribution in [0.2, 0.25) is 5.02 Å². The van der Waals surface area contributed by atoms with Crippen molar-refractivity contribution in [3.63, 3.8) is 0 Å². The zero-order chi connectivity index (χ0) is 22.0. The smallest absolute Gasteiger partial charge is 0.325 e. The van der Waals surface area contributed by atoms with Crippen molar-refractivity contribution >= 4 is 34.3 Å². The van der Waals surface area contributed by atoms with Crippen LogP contribution in [-0.2, 0) is 10.3 Å². The van der Waals surface area contributed by atoms with Crippen molar-refractivity contribution in [2.24, 2.45) is 0 Å². The van der Waals surface area contributed by atoms with Crippen LogP contribution in [0.15, 0.2) is 66.7 Å². The molecule has 1 aliphatic rings. The molecular weight excluding hydrogens is 416 g/mol. The monoisotopic (exact) mass is 438 g/mol. The highest BCUT2D eigenvalue weighted by Gasteiger charge is 2.51. The Morgan fingerprint density at radius 1 is 1.10 bits per heavy atom. The Morgan fingerprint density at radius 3 is 2.61 bits per heavy atom. The van der Waals surface area contributed by atoms with Crippen LogP contribution in [0.1, 0.15) is 18.9 Å². The Balaban J connectivity index is 1.47. The number of nitrogens with one attached hydrogen (secondary N) is 1. The van der Waals surface area contributed by atoms with E-state index in [1.807, 2.05) is 49.4 Å². The van der Waals surface area contributed by atoms with Gasteiger partial charge in [-0.15, -0.1) is 0 Å². The van der Waals surface area contributed by atoms with Gasteiger partial charge in [0.1, 0.15) is 24.0 Å². The number of carbonyl (C=O) groups excluding carboxylic acids is 2. The third-order valence-corrected chi connectivity index (χ3v) is 5.83. The fourth-order valence-electron chi connectivity index (χ4n) is 3.96. The van der Waals surface area contributed by atoms with Crippen LogP contribution < -0.4 is 10.1 Å². The molecule has 3 amide bonds. The van der Waals surface area contributed by atoms with Crippen LogP contribution in [0.5, 0.6) is 5.75 Å². The van der Waals surface area contributed by atoms with Crippen LogP contribution in [0.25, 0.3) is 10.8 Å². The number of carbonyl (C=O) groups is 2. The van der Waals surface area contributed by atoms with Gasteiger partial charge in [-0.3, -0.25) is 9.69 Å². The predicted octanol–water partition coefficient (Wildman–Crippen LogP) is 4.09. The van der Waals surface area contributed by atoms with Gasteiger partial charge in [0, 0.05) is 10.4 Å². The van der Waals surface area contributed by atoms with Crippen molar-refractivity contribution in [3.05, 3.63) is 77.3 Å². The minimum Gasteiger partial charge on any atom is -0.490 e. The van der Waals surface area contributed by atoms with Gasteiger partial charge >= 0.3 is 6.03 Å². The molecule has 0 bridgehead atoms. The molecule has 0 radical (unpaired) electrons. The van der Waals surface area contributed by atoms with Gasteiger partial charge in [-0.2, -0.15) is 0 Å². The lowest BCUT2D eigenvalue weighted by Crippen LogP contribution is -2.44. The molecule has 0 aromatic heterocycles. The number of β-amino-alcohol motifs (C(OH)–C–C–N with tert-alkyl or cyclic N) is 1. The van der Waals surface area contributed by atoms with Gasteiger partial charge in [0.15, 0.2) is 0 Å². The second-order valence-corrected chi connectivity index (χ2v) is 7.99. The van der Waals surface area contributed by atoms with Crippen molar-refractivity contribution < 1.29 is 19.4 Å². The highest BCUT2D eigenvalue weighted by atomic mass is 35.5. The molecule has 2 atom stereocenters. The van der Waals surface area contributed by atoms with Gasteiger partial charge in [0.05, 0.1) is 6.54 Å². The molecule has 4 rings (SSSR count). The normalized spacial score (nSPS) is 19.5. The van der Waals surface area contributed by atoms with Gasteiger partial charge in [-0.1, -0.05) is 67.1 Å². The van der Waals surface area contributed by atoms with E-state index in [0.29, 0.717) is 22.8 Å². The molecule has 160 valence electrons. The summed E-state index contributed by atoms with van der Waals surface area (Å²) >= 11 is 6.09. The molecule has 1 fully saturated rings. The Hall–Kier alpha value is -3.09. The second-order valence-electron chi connectivity index (χ2n) is 7.56. The van der Waals surface area contributed by atoms with E-state index < -0.39 is 23.6 Å². The van der Waals surface area contributed by atoms with Crippen molar-refractivity contribution in [1.29, 1.82) is 0 Å². The van der Waals surface area contributed by atoms with Gasteiger partial charge in [-0.05, 0) is 35.6 Å². The Labute approximate surface area is 185 Å². The summed E-state index contributed by atoms with van der Waals surface area (Å²) in [6, 6.07) is 19.8. The maximum Gasteiger partial charge on any atom is 0.325 e. The molecular formula is C24H23ClN2O4. The van der Waals surface area contributed by atoms with E-state index >= 15 is 0 Å². The lowest BCUT2D eigenvalue weighted by atomic mass is 9.87. The number of urea groups is 1. The van der Waals surface area contributed by atoms with Gasteiger partial charge in [-0.25, -0.2) is 4.79 Å². The largest absolute Gasteiger partial charge is 0.490 e. The van der Waals surface area contributed by atoms with Gasteiger partial charge in [0.2, 0.25) is 0 Å². The van der Waals surface area contributed by atoms with Crippen molar-refractivity contribution in [1.82, 2.24) is 10.2 Å². The molecule has 0 saturated carbocycles. The van der Waals surface area contributed by atoms with E-state index in [2.05, 4.69) is 5.32 Å². The molecule has 6 nitrogen and oxygen atoms in total. The quantitative estimate of drug-likeness (QED) is 0.544. The number of benzene rings is 3. The molecule has 2 N–H and O–H groups in total. The Bertz CT molecular complexity index is 1130. The molecule has 3 aromatic rings. The summed E-state index contributed by atoms with van der Waals surface area (Å²) in [6.45, 7) is 1.60. The fourth-order valence-corrected chi connectivity index (χ4v) is 4.15. The SMILES string of the molecule is CC[C@@]1(c2cccc(Cl)c2)NC(=O)N(C[C@H](O)COc2cccc3ccccc23)C1=O. The highest BCUT2D eigenvalue weighted by Crippen LogP contribution is 2.34. The average Bonchev–Trinajstić information content (AvgIpc) is 3.02. The lowest BCUT2D eigenvalue weighted by molar-refractivity contribution is -0.132. The predicted molar refractivity (Wildman–Crippen MR) is 119 cm³/mol. The molecule has 7 heteroatoms. The second kappa shape index (κ2) is 8.57. The molecule has 1 saturated heterocycles. The molecule has 0 unspecified atom stereocenters. The standard InChI is InChI=1S/C24H23ClN2O4/c1-2-24(17-9-6-10-18(25)13-17)22(29)27(23(30)26-24)14-19(28)15-31-21-12-5-8-16-7-3-4-11-20(16)21/h3-13,19,28H,2,14-15H2,1H3,(H,26,30)/t19-,24-/m0/s1. The van der Waals surface area contributed by atoms with Crippen molar-refractivity contribution in [2.45, 2.75) is 25.0 Å². The van der Waals surface area contributed by atoms with E-state index in [1.165, 1.54) is 0 Å². The van der Waals surface area contributed by atoms with Crippen LogP contribution in [0, 0.1) is 0 Å². The minimum atomic E-state index is -1.20. The van der Waals surface area contributed by atoms with Crippen molar-refractivity contribution in [3.8, 4) is 5.75 Å². The van der Waals surface area contributed by atoms with Crippen LogP contribution in [0.4, 0.5) is 4.79 Å². The molecule has 31 heavy (non-hydrogen) atoms. The number of hydrogen-bond donors (Lipinski definition) is 2. The maximum atomic E-state index is 13.2. The summed E-state index contributed by atoms with van der Waals surface area (Å²) in [5, 5.41) is 15.7. The zero-order valence-electron chi connectivity index (χ0n) is 17.0. The van der Waals surface area contributed by atoms with E-state index in [-0.39, 0.29) is 13.2 Å². The highest BCUT2D eigenvalue weighted by molar-refractivity contribution is 6.30. The lowest BCUT2D eigenvalue weighted by Gasteiger charge is -2.26. The van der Waals surface area contributed by atoms with E-state index in [4.69, 9.17) is 16.3 Å². The number of nitrogens with zero attached hydrogens (tertiary/aromatic N) is 1. The minimum absolute atomic E-state index is 0.0542. The third-order valence-electron chi connectivity index (χ3n) is 5.60. The summed E-state index contributed by atoms with van der Waals surface area (Å²) in [5.74, 6) is 0.225. The van der Waals surface area contributed by atoms with E-state index in [0.717, 1.165) is 15.7 Å². The van der Waals surface area contributed by atoms with Crippen molar-refractivity contribution in [2.75, 3.05) is 13.2 Å². The van der Waals surface area contributed by atoms with Gasteiger partial charge in [0.25, 0.3) is 5.91 Å². The van der Waals surface area contributed by atoms with Crippen LogP contribution >= 0.6 is 11.6 Å². The summed E-state index contributed by atoms with van der Waals surface area (Å²) in [5.41, 5.74) is -0.581. The van der Waals surface area contributed by atoms with E-state index in [9.17, 15) is 14.7 Å². The summed E-state index contributed by atoms with van der Waals surface area (Å²) in [7, 11) is 0. The number of aliphatic hydroxyl groups is 1. The topological polar surface area (TPSA) is 78.9 Å². The average molecular weight is 439 g/mol.